The van der Waals surface area contributed by atoms with E-state index in [2.05, 4.69) is 0 Å². The van der Waals surface area contributed by atoms with Crippen LogP contribution in [-0.4, -0.2) is 19.4 Å². The molecular weight excluding hydrogens is 266 g/mol. The number of rotatable bonds is 7. The van der Waals surface area contributed by atoms with E-state index in [-0.39, 0.29) is 5.78 Å². The number of Topliss-reactive ketones (excluding diaryl/α,β-unsaturated/α-hetero) is 1. The minimum absolute atomic E-state index is 0.0421. The van der Waals surface area contributed by atoms with Crippen LogP contribution in [0.15, 0.2) is 48.5 Å². The summed E-state index contributed by atoms with van der Waals surface area (Å²) in [6.07, 6.45) is 0.290. The van der Waals surface area contributed by atoms with Gasteiger partial charge in [0.15, 0.2) is 17.3 Å². The van der Waals surface area contributed by atoms with Crippen LogP contribution >= 0.6 is 0 Å². The number of hydrogen-bond donors (Lipinski definition) is 1. The van der Waals surface area contributed by atoms with Gasteiger partial charge < -0.3 is 15.2 Å². The maximum Gasteiger partial charge on any atom is 0.171 e. The zero-order valence-corrected chi connectivity index (χ0v) is 12.0. The van der Waals surface area contributed by atoms with Gasteiger partial charge in [-0.25, -0.2) is 0 Å². The molecule has 0 unspecified atom stereocenters. The molecule has 0 aliphatic carbocycles. The highest BCUT2D eigenvalue weighted by molar-refractivity contribution is 5.99. The fraction of sp³-hybridized carbons (Fsp3) is 0.235. The summed E-state index contributed by atoms with van der Waals surface area (Å²) < 4.78 is 11.1. The Labute approximate surface area is 124 Å². The topological polar surface area (TPSA) is 61.5 Å². The van der Waals surface area contributed by atoms with E-state index >= 15 is 0 Å². The number of nitrogens with two attached hydrogens (primary N) is 1. The van der Waals surface area contributed by atoms with Crippen LogP contribution in [0.25, 0.3) is 0 Å². The van der Waals surface area contributed by atoms with E-state index in [9.17, 15) is 4.79 Å². The van der Waals surface area contributed by atoms with Crippen LogP contribution in [0.4, 0.5) is 0 Å². The van der Waals surface area contributed by atoms with Crippen LogP contribution in [0.2, 0.25) is 0 Å². The molecule has 4 heteroatoms. The number of para-hydroxylation sites is 1. The lowest BCUT2D eigenvalue weighted by atomic mass is 10.1. The van der Waals surface area contributed by atoms with Gasteiger partial charge >= 0.3 is 0 Å². The molecule has 0 bridgehead atoms. The van der Waals surface area contributed by atoms with Crippen LogP contribution in [0, 0.1) is 0 Å². The minimum atomic E-state index is -0.0421. The number of carbonyl (C=O) groups is 1. The highest BCUT2D eigenvalue weighted by Crippen LogP contribution is 2.32. The minimum Gasteiger partial charge on any atom is -0.492 e. The van der Waals surface area contributed by atoms with Crippen molar-refractivity contribution in [1.82, 2.24) is 0 Å². The molecule has 0 atom stereocenters. The third kappa shape index (κ3) is 3.83. The zero-order valence-electron chi connectivity index (χ0n) is 12.0. The molecule has 2 rings (SSSR count). The molecule has 2 aromatic rings. The molecule has 2 N–H and O–H groups in total. The molecule has 4 nitrogen and oxygen atoms in total. The second-order valence-electron chi connectivity index (χ2n) is 4.57. The highest BCUT2D eigenvalue weighted by atomic mass is 16.5. The van der Waals surface area contributed by atoms with Crippen LogP contribution in [0.1, 0.15) is 22.3 Å². The summed E-state index contributed by atoms with van der Waals surface area (Å²) in [5, 5.41) is 0. The van der Waals surface area contributed by atoms with Gasteiger partial charge in [0.1, 0.15) is 6.61 Å². The van der Waals surface area contributed by atoms with Gasteiger partial charge in [0.2, 0.25) is 0 Å². The Morgan fingerprint density at radius 3 is 2.52 bits per heavy atom. The monoisotopic (exact) mass is 285 g/mol. The predicted molar refractivity (Wildman–Crippen MR) is 81.8 cm³/mol. The summed E-state index contributed by atoms with van der Waals surface area (Å²) in [4.78, 5) is 12.0. The van der Waals surface area contributed by atoms with E-state index in [1.807, 2.05) is 30.3 Å². The van der Waals surface area contributed by atoms with E-state index in [1.165, 1.54) is 7.11 Å². The number of ketones is 1. The lowest BCUT2D eigenvalue weighted by Crippen LogP contribution is -2.10. The van der Waals surface area contributed by atoms with Gasteiger partial charge in [0, 0.05) is 6.42 Å². The SMILES string of the molecule is COc1c(OCc2ccccc2)cccc1C(=O)CCN. The highest BCUT2D eigenvalue weighted by Gasteiger charge is 2.16. The first-order valence-corrected chi connectivity index (χ1v) is 6.83. The standard InChI is InChI=1S/C17H19NO3/c1-20-17-14(15(19)10-11-18)8-5-9-16(17)21-12-13-6-3-2-4-7-13/h2-9H,10-12,18H2,1H3. The average Bonchev–Trinajstić information content (AvgIpc) is 2.53. The summed E-state index contributed by atoms with van der Waals surface area (Å²) in [6.45, 7) is 0.739. The molecule has 0 amide bonds. The molecular formula is C17H19NO3. The molecule has 0 spiro atoms. The molecule has 21 heavy (non-hydrogen) atoms. The molecule has 0 aromatic heterocycles. The molecule has 110 valence electrons. The smallest absolute Gasteiger partial charge is 0.171 e. The van der Waals surface area contributed by atoms with Crippen LogP contribution < -0.4 is 15.2 Å². The van der Waals surface area contributed by atoms with Gasteiger partial charge in [-0.15, -0.1) is 0 Å². The molecule has 0 aliphatic heterocycles. The molecule has 0 saturated carbocycles. The van der Waals surface area contributed by atoms with E-state index < -0.39 is 0 Å². The first kappa shape index (κ1) is 15.1. The maximum absolute atomic E-state index is 12.0. The van der Waals surface area contributed by atoms with Gasteiger partial charge in [-0.1, -0.05) is 36.4 Å². The van der Waals surface area contributed by atoms with Gasteiger partial charge in [-0.3, -0.25) is 4.79 Å². The van der Waals surface area contributed by atoms with Crippen LogP contribution in [0.5, 0.6) is 11.5 Å². The van der Waals surface area contributed by atoms with Crippen molar-refractivity contribution in [2.45, 2.75) is 13.0 Å². The second kappa shape index (κ2) is 7.45. The van der Waals surface area contributed by atoms with Gasteiger partial charge in [0.25, 0.3) is 0 Å². The fourth-order valence-corrected chi connectivity index (χ4v) is 2.06. The number of methoxy groups -OCH3 is 1. The molecule has 0 fully saturated rings. The van der Waals surface area contributed by atoms with E-state index in [1.54, 1.807) is 18.2 Å². The Balaban J connectivity index is 2.19. The van der Waals surface area contributed by atoms with Crippen LogP contribution in [-0.2, 0) is 6.61 Å². The van der Waals surface area contributed by atoms with Gasteiger partial charge in [0.05, 0.1) is 12.7 Å². The predicted octanol–water partition coefficient (Wildman–Crippen LogP) is 2.81. The average molecular weight is 285 g/mol. The van der Waals surface area contributed by atoms with Crippen molar-refractivity contribution in [1.29, 1.82) is 0 Å². The number of hydrogen-bond acceptors (Lipinski definition) is 4. The number of ether oxygens (including phenoxy) is 2. The fourth-order valence-electron chi connectivity index (χ4n) is 2.06. The molecule has 0 aliphatic rings. The summed E-state index contributed by atoms with van der Waals surface area (Å²) in [5.74, 6) is 0.982. The Kier molecular flexibility index (Phi) is 5.35. The van der Waals surface area contributed by atoms with Crippen molar-refractivity contribution in [3.63, 3.8) is 0 Å². The lowest BCUT2D eigenvalue weighted by Gasteiger charge is -2.13. The van der Waals surface area contributed by atoms with Crippen molar-refractivity contribution in [3.8, 4) is 11.5 Å². The van der Waals surface area contributed by atoms with Gasteiger partial charge in [-0.2, -0.15) is 0 Å². The largest absolute Gasteiger partial charge is 0.492 e. The van der Waals surface area contributed by atoms with E-state index in [0.717, 1.165) is 5.56 Å². The van der Waals surface area contributed by atoms with Crippen molar-refractivity contribution in [2.24, 2.45) is 5.73 Å². The van der Waals surface area contributed by atoms with Crippen molar-refractivity contribution < 1.29 is 14.3 Å². The molecule has 0 heterocycles. The van der Waals surface area contributed by atoms with Crippen molar-refractivity contribution in [3.05, 3.63) is 59.7 Å². The zero-order chi connectivity index (χ0) is 15.1. The number of benzene rings is 2. The quantitative estimate of drug-likeness (QED) is 0.795. The summed E-state index contributed by atoms with van der Waals surface area (Å²) in [6, 6.07) is 15.1. The van der Waals surface area contributed by atoms with Crippen LogP contribution in [0.3, 0.4) is 0 Å². The Morgan fingerprint density at radius 2 is 1.86 bits per heavy atom. The summed E-state index contributed by atoms with van der Waals surface area (Å²) in [7, 11) is 1.53. The Hall–Kier alpha value is -2.33. The Bertz CT molecular complexity index is 596. The number of carbonyl (C=O) groups excluding carboxylic acids is 1. The van der Waals surface area contributed by atoms with Crippen molar-refractivity contribution >= 4 is 5.78 Å². The lowest BCUT2D eigenvalue weighted by molar-refractivity contribution is 0.0981. The molecule has 0 saturated heterocycles. The third-order valence-electron chi connectivity index (χ3n) is 3.09. The second-order valence-corrected chi connectivity index (χ2v) is 4.57. The normalized spacial score (nSPS) is 10.2. The Morgan fingerprint density at radius 1 is 1.10 bits per heavy atom. The summed E-state index contributed by atoms with van der Waals surface area (Å²) >= 11 is 0. The van der Waals surface area contributed by atoms with E-state index in [0.29, 0.717) is 36.6 Å². The summed E-state index contributed by atoms with van der Waals surface area (Å²) in [5.41, 5.74) is 7.00. The molecule has 0 radical (unpaired) electrons. The third-order valence-corrected chi connectivity index (χ3v) is 3.09. The first-order valence-electron chi connectivity index (χ1n) is 6.83. The van der Waals surface area contributed by atoms with Crippen molar-refractivity contribution in [2.75, 3.05) is 13.7 Å². The maximum atomic E-state index is 12.0. The van der Waals surface area contributed by atoms with E-state index in [4.69, 9.17) is 15.2 Å². The van der Waals surface area contributed by atoms with Gasteiger partial charge in [-0.05, 0) is 24.2 Å². The first-order chi connectivity index (χ1) is 10.3. The molecule has 2 aromatic carbocycles.